The highest BCUT2D eigenvalue weighted by molar-refractivity contribution is 5.95. The Morgan fingerprint density at radius 2 is 1.92 bits per heavy atom. The zero-order valence-corrected chi connectivity index (χ0v) is 13.7. The molecule has 4 heteroatoms. The van der Waals surface area contributed by atoms with E-state index < -0.39 is 0 Å². The number of benzene rings is 1. The van der Waals surface area contributed by atoms with Crippen LogP contribution < -0.4 is 10.6 Å². The zero-order chi connectivity index (χ0) is 16.4. The number of nitrogens with one attached hydrogen (secondary N) is 2. The molecule has 0 aliphatic heterocycles. The van der Waals surface area contributed by atoms with Crippen LogP contribution in [-0.4, -0.2) is 16.9 Å². The molecule has 2 unspecified atom stereocenters. The van der Waals surface area contributed by atoms with Gasteiger partial charge in [0.15, 0.2) is 0 Å². The van der Waals surface area contributed by atoms with E-state index in [1.54, 1.807) is 6.20 Å². The van der Waals surface area contributed by atoms with Crippen LogP contribution >= 0.6 is 0 Å². The first-order valence-electron chi connectivity index (χ1n) is 8.87. The van der Waals surface area contributed by atoms with Crippen molar-refractivity contribution in [2.45, 2.75) is 44.1 Å². The van der Waals surface area contributed by atoms with E-state index in [2.05, 4.69) is 27.8 Å². The number of carbonyl (C=O) groups excluding carboxylic acids is 1. The van der Waals surface area contributed by atoms with E-state index in [0.29, 0.717) is 12.0 Å². The molecule has 124 valence electrons. The average Bonchev–Trinajstić information content (AvgIpc) is 3.26. The van der Waals surface area contributed by atoms with Crippen molar-refractivity contribution in [1.82, 2.24) is 4.98 Å². The van der Waals surface area contributed by atoms with Crippen LogP contribution in [0.1, 0.15) is 43.6 Å². The van der Waals surface area contributed by atoms with Crippen LogP contribution in [0.4, 0.5) is 11.4 Å². The van der Waals surface area contributed by atoms with Crippen molar-refractivity contribution >= 4 is 17.3 Å². The van der Waals surface area contributed by atoms with Gasteiger partial charge in [0.1, 0.15) is 0 Å². The quantitative estimate of drug-likeness (QED) is 0.868. The lowest BCUT2D eigenvalue weighted by molar-refractivity contribution is -0.117. The maximum absolute atomic E-state index is 12.5. The highest BCUT2D eigenvalue weighted by Crippen LogP contribution is 2.47. The molecule has 0 spiro atoms. The second-order valence-corrected chi connectivity index (χ2v) is 6.93. The third-order valence-electron chi connectivity index (χ3n) is 5.10. The molecule has 2 saturated carbocycles. The lowest BCUT2D eigenvalue weighted by Gasteiger charge is -2.14. The number of rotatable bonds is 5. The molecule has 4 rings (SSSR count). The molecular weight excluding hydrogens is 298 g/mol. The van der Waals surface area contributed by atoms with Crippen LogP contribution in [0.2, 0.25) is 0 Å². The van der Waals surface area contributed by atoms with Crippen LogP contribution in [0.25, 0.3) is 0 Å². The summed E-state index contributed by atoms with van der Waals surface area (Å²) < 4.78 is 0. The maximum atomic E-state index is 12.5. The second-order valence-electron chi connectivity index (χ2n) is 6.93. The molecule has 2 fully saturated rings. The predicted molar refractivity (Wildman–Crippen MR) is 96.0 cm³/mol. The summed E-state index contributed by atoms with van der Waals surface area (Å²) in [5.41, 5.74) is 3.13. The van der Waals surface area contributed by atoms with E-state index in [1.165, 1.54) is 25.7 Å². The predicted octanol–water partition coefficient (Wildman–Crippen LogP) is 4.18. The van der Waals surface area contributed by atoms with E-state index in [9.17, 15) is 4.79 Å². The van der Waals surface area contributed by atoms with Crippen LogP contribution in [0.15, 0.2) is 48.8 Å². The third kappa shape index (κ3) is 3.42. The number of hydrogen-bond acceptors (Lipinski definition) is 3. The van der Waals surface area contributed by atoms with Crippen molar-refractivity contribution in [3.8, 4) is 0 Å². The lowest BCUT2D eigenvalue weighted by atomic mass is 10.1. The molecule has 4 nitrogen and oxygen atoms in total. The topological polar surface area (TPSA) is 54.0 Å². The minimum absolute atomic E-state index is 0.0700. The van der Waals surface area contributed by atoms with E-state index in [-0.39, 0.29) is 11.8 Å². The van der Waals surface area contributed by atoms with Crippen LogP contribution in [0.5, 0.6) is 0 Å². The van der Waals surface area contributed by atoms with Gasteiger partial charge in [0.25, 0.3) is 0 Å². The Labute approximate surface area is 142 Å². The fourth-order valence-electron chi connectivity index (χ4n) is 3.68. The molecule has 1 aromatic carbocycles. The Kier molecular flexibility index (Phi) is 4.20. The van der Waals surface area contributed by atoms with Gasteiger partial charge in [0.2, 0.25) is 5.91 Å². The van der Waals surface area contributed by atoms with Crippen molar-refractivity contribution < 1.29 is 4.79 Å². The summed E-state index contributed by atoms with van der Waals surface area (Å²) >= 11 is 0. The Morgan fingerprint density at radius 3 is 2.71 bits per heavy atom. The fourth-order valence-corrected chi connectivity index (χ4v) is 3.68. The van der Waals surface area contributed by atoms with Crippen molar-refractivity contribution in [3.05, 3.63) is 54.4 Å². The number of pyridine rings is 1. The van der Waals surface area contributed by atoms with E-state index >= 15 is 0 Å². The number of aromatic nitrogens is 1. The number of hydrogen-bond donors (Lipinski definition) is 2. The Morgan fingerprint density at radius 1 is 1.08 bits per heavy atom. The van der Waals surface area contributed by atoms with Crippen molar-refractivity contribution in [2.24, 2.45) is 5.92 Å². The van der Waals surface area contributed by atoms with Gasteiger partial charge in [-0.15, -0.1) is 0 Å². The number of nitrogens with zero attached hydrogens (tertiary/aromatic N) is 1. The molecule has 0 radical (unpaired) electrons. The van der Waals surface area contributed by atoms with Gasteiger partial charge in [-0.1, -0.05) is 25.0 Å². The maximum Gasteiger partial charge on any atom is 0.228 e. The summed E-state index contributed by atoms with van der Waals surface area (Å²) in [6.07, 6.45) is 9.65. The van der Waals surface area contributed by atoms with E-state index in [1.807, 2.05) is 30.5 Å². The molecule has 2 N–H and O–H groups in total. The van der Waals surface area contributed by atoms with Crippen molar-refractivity contribution in [1.29, 1.82) is 0 Å². The third-order valence-corrected chi connectivity index (χ3v) is 5.10. The minimum Gasteiger partial charge on any atom is -0.382 e. The summed E-state index contributed by atoms with van der Waals surface area (Å²) in [5.74, 6) is 0.501. The minimum atomic E-state index is 0.0700. The van der Waals surface area contributed by atoms with Crippen LogP contribution in [0, 0.1) is 5.92 Å². The monoisotopic (exact) mass is 321 g/mol. The smallest absolute Gasteiger partial charge is 0.228 e. The lowest BCUT2D eigenvalue weighted by Crippen LogP contribution is -2.16. The van der Waals surface area contributed by atoms with Crippen molar-refractivity contribution in [2.75, 3.05) is 10.6 Å². The average molecular weight is 321 g/mol. The molecule has 2 atom stereocenters. The first kappa shape index (κ1) is 15.2. The van der Waals surface area contributed by atoms with Gasteiger partial charge in [0.05, 0.1) is 0 Å². The molecule has 2 aliphatic rings. The Bertz CT molecular complexity index is 710. The Hall–Kier alpha value is -2.36. The van der Waals surface area contributed by atoms with Crippen molar-refractivity contribution in [3.63, 3.8) is 0 Å². The summed E-state index contributed by atoms with van der Waals surface area (Å²) in [6, 6.07) is 12.6. The first-order valence-corrected chi connectivity index (χ1v) is 8.87. The summed E-state index contributed by atoms with van der Waals surface area (Å²) in [7, 11) is 0. The SMILES string of the molecule is O=C(Nc1cccc(NC2CCCC2)c1)C1CC1c1cccnc1. The van der Waals surface area contributed by atoms with Gasteiger partial charge in [-0.3, -0.25) is 9.78 Å². The fraction of sp³-hybridized carbons (Fsp3) is 0.400. The second kappa shape index (κ2) is 6.63. The van der Waals surface area contributed by atoms with Gasteiger partial charge in [0, 0.05) is 35.7 Å². The first-order chi connectivity index (χ1) is 11.8. The molecule has 1 aromatic heterocycles. The molecule has 24 heavy (non-hydrogen) atoms. The standard InChI is InChI=1S/C20H23N3O/c24-20(19-12-18(19)14-5-4-10-21-13-14)23-17-9-3-8-16(11-17)22-15-6-1-2-7-15/h3-5,8-11,13,15,18-19,22H,1-2,6-7,12H2,(H,23,24). The molecular formula is C20H23N3O. The summed E-state index contributed by atoms with van der Waals surface area (Å²) in [4.78, 5) is 16.6. The summed E-state index contributed by atoms with van der Waals surface area (Å²) in [6.45, 7) is 0. The van der Waals surface area contributed by atoms with Gasteiger partial charge >= 0.3 is 0 Å². The zero-order valence-electron chi connectivity index (χ0n) is 13.7. The molecule has 0 saturated heterocycles. The van der Waals surface area contributed by atoms with E-state index in [0.717, 1.165) is 23.4 Å². The molecule has 2 aromatic rings. The van der Waals surface area contributed by atoms with Crippen LogP contribution in [0.3, 0.4) is 0 Å². The van der Waals surface area contributed by atoms with Gasteiger partial charge < -0.3 is 10.6 Å². The van der Waals surface area contributed by atoms with Crippen LogP contribution in [-0.2, 0) is 4.79 Å². The van der Waals surface area contributed by atoms with Gasteiger partial charge in [-0.05, 0) is 55.0 Å². The molecule has 1 heterocycles. The number of amides is 1. The van der Waals surface area contributed by atoms with Gasteiger partial charge in [-0.25, -0.2) is 0 Å². The molecule has 1 amide bonds. The highest BCUT2D eigenvalue weighted by Gasteiger charge is 2.44. The normalized spacial score (nSPS) is 23.0. The van der Waals surface area contributed by atoms with Gasteiger partial charge in [-0.2, -0.15) is 0 Å². The molecule has 2 aliphatic carbocycles. The number of carbonyl (C=O) groups is 1. The molecule has 0 bridgehead atoms. The highest BCUT2D eigenvalue weighted by atomic mass is 16.2. The summed E-state index contributed by atoms with van der Waals surface area (Å²) in [5, 5.41) is 6.64. The number of anilines is 2. The Balaban J connectivity index is 1.36. The van der Waals surface area contributed by atoms with E-state index in [4.69, 9.17) is 0 Å². The largest absolute Gasteiger partial charge is 0.382 e.